The van der Waals surface area contributed by atoms with Gasteiger partial charge in [0, 0.05) is 13.6 Å². The number of hydrogen-bond donors (Lipinski definition) is 3. The molecule has 0 atom stereocenters. The molecule has 0 radical (unpaired) electrons. The van der Waals surface area contributed by atoms with Crippen molar-refractivity contribution in [2.24, 2.45) is 0 Å². The molecule has 9 heteroatoms. The lowest BCUT2D eigenvalue weighted by Crippen LogP contribution is -2.48. The molecular weight excluding hydrogens is 258 g/mol. The van der Waals surface area contributed by atoms with Gasteiger partial charge in [0.1, 0.15) is 13.1 Å². The Bertz CT molecular complexity index is 354. The van der Waals surface area contributed by atoms with Gasteiger partial charge in [0.25, 0.3) is 0 Å². The number of likely N-dealkylation sites (N-methyl/N-ethyl adjacent to an activating group) is 1. The normalized spacial score (nSPS) is 9.58. The van der Waals surface area contributed by atoms with E-state index in [1.807, 2.05) is 0 Å². The first-order valence-corrected chi connectivity index (χ1v) is 5.48. The lowest BCUT2D eigenvalue weighted by molar-refractivity contribution is -0.140. The van der Waals surface area contributed by atoms with Gasteiger partial charge in [-0.15, -0.1) is 0 Å². The molecule has 3 amide bonds. The summed E-state index contributed by atoms with van der Waals surface area (Å²) in [5.74, 6) is -3.04. The van der Waals surface area contributed by atoms with Crippen LogP contribution in [0.2, 0.25) is 0 Å². The van der Waals surface area contributed by atoms with Gasteiger partial charge in [0.15, 0.2) is 0 Å². The molecule has 0 aliphatic heterocycles. The van der Waals surface area contributed by atoms with E-state index in [0.717, 1.165) is 0 Å². The zero-order chi connectivity index (χ0) is 15.0. The van der Waals surface area contributed by atoms with E-state index >= 15 is 0 Å². The lowest BCUT2D eigenvalue weighted by Gasteiger charge is -2.20. The van der Waals surface area contributed by atoms with Crippen molar-refractivity contribution >= 4 is 23.9 Å². The van der Waals surface area contributed by atoms with Crippen LogP contribution in [-0.4, -0.2) is 77.1 Å². The van der Waals surface area contributed by atoms with Crippen molar-refractivity contribution < 1.29 is 29.4 Å². The van der Waals surface area contributed by atoms with Gasteiger partial charge in [-0.1, -0.05) is 0 Å². The van der Waals surface area contributed by atoms with Gasteiger partial charge in [-0.3, -0.25) is 14.4 Å². The Morgan fingerprint density at radius 1 is 1.05 bits per heavy atom. The molecule has 0 unspecified atom stereocenters. The Kier molecular flexibility index (Phi) is 6.94. The van der Waals surface area contributed by atoms with Gasteiger partial charge in [-0.25, -0.2) is 4.79 Å². The van der Waals surface area contributed by atoms with Crippen molar-refractivity contribution in [2.45, 2.75) is 6.92 Å². The molecule has 0 aromatic heterocycles. The molecule has 0 aliphatic carbocycles. The maximum atomic E-state index is 11.5. The van der Waals surface area contributed by atoms with Crippen LogP contribution in [0.1, 0.15) is 6.92 Å². The average Bonchev–Trinajstić information content (AvgIpc) is 2.32. The number of nitrogens with zero attached hydrogens (tertiary/aromatic N) is 2. The minimum Gasteiger partial charge on any atom is -0.480 e. The molecule has 19 heavy (non-hydrogen) atoms. The molecule has 0 bridgehead atoms. The van der Waals surface area contributed by atoms with Gasteiger partial charge in [-0.2, -0.15) is 0 Å². The molecule has 108 valence electrons. The summed E-state index contributed by atoms with van der Waals surface area (Å²) in [5, 5.41) is 19.3. The maximum Gasteiger partial charge on any atom is 0.323 e. The summed E-state index contributed by atoms with van der Waals surface area (Å²) in [6, 6.07) is -0.914. The van der Waals surface area contributed by atoms with Crippen molar-refractivity contribution in [3.05, 3.63) is 0 Å². The maximum absolute atomic E-state index is 11.5. The monoisotopic (exact) mass is 275 g/mol. The van der Waals surface area contributed by atoms with Crippen LogP contribution < -0.4 is 5.32 Å². The van der Waals surface area contributed by atoms with Crippen LogP contribution in [0.25, 0.3) is 0 Å². The molecule has 0 saturated heterocycles. The van der Waals surface area contributed by atoms with Gasteiger partial charge < -0.3 is 25.3 Å². The minimum absolute atomic E-state index is 0.321. The highest BCUT2D eigenvalue weighted by Gasteiger charge is 2.20. The van der Waals surface area contributed by atoms with Gasteiger partial charge in [0.2, 0.25) is 5.91 Å². The smallest absolute Gasteiger partial charge is 0.323 e. The minimum atomic E-state index is -1.34. The molecule has 9 nitrogen and oxygen atoms in total. The highest BCUT2D eigenvalue weighted by Crippen LogP contribution is 1.91. The van der Waals surface area contributed by atoms with Crippen LogP contribution in [-0.2, 0) is 14.4 Å². The number of aliphatic carboxylic acids is 2. The summed E-state index contributed by atoms with van der Waals surface area (Å²) in [6.45, 7) is 0.383. The van der Waals surface area contributed by atoms with E-state index in [0.29, 0.717) is 11.4 Å². The van der Waals surface area contributed by atoms with Crippen LogP contribution in [0, 0.1) is 0 Å². The first kappa shape index (κ1) is 16.7. The molecule has 0 fully saturated rings. The van der Waals surface area contributed by atoms with E-state index in [-0.39, 0.29) is 12.5 Å². The van der Waals surface area contributed by atoms with Gasteiger partial charge >= 0.3 is 18.0 Å². The third-order valence-corrected chi connectivity index (χ3v) is 2.23. The Morgan fingerprint density at radius 2 is 1.53 bits per heavy atom. The number of carboxylic acids is 2. The SMILES string of the molecule is CCN(C)C(=O)CNC(=O)N(CC(=O)O)CC(=O)O. The van der Waals surface area contributed by atoms with Crippen molar-refractivity contribution in [3.63, 3.8) is 0 Å². The molecule has 0 aromatic carbocycles. The fraction of sp³-hybridized carbons (Fsp3) is 0.600. The fourth-order valence-corrected chi connectivity index (χ4v) is 1.10. The zero-order valence-corrected chi connectivity index (χ0v) is 10.8. The predicted molar refractivity (Wildman–Crippen MR) is 63.6 cm³/mol. The zero-order valence-electron chi connectivity index (χ0n) is 10.8. The number of rotatable bonds is 7. The topological polar surface area (TPSA) is 127 Å². The van der Waals surface area contributed by atoms with E-state index in [9.17, 15) is 19.2 Å². The van der Waals surface area contributed by atoms with E-state index in [4.69, 9.17) is 10.2 Å². The quantitative estimate of drug-likeness (QED) is 0.527. The number of carboxylic acid groups (broad SMARTS) is 2. The van der Waals surface area contributed by atoms with Crippen LogP contribution in [0.5, 0.6) is 0 Å². The van der Waals surface area contributed by atoms with Crippen molar-refractivity contribution in [1.29, 1.82) is 0 Å². The molecule has 0 heterocycles. The number of hydrogen-bond acceptors (Lipinski definition) is 4. The third-order valence-electron chi connectivity index (χ3n) is 2.23. The van der Waals surface area contributed by atoms with Crippen molar-refractivity contribution in [2.75, 3.05) is 33.2 Å². The van der Waals surface area contributed by atoms with Gasteiger partial charge in [0.05, 0.1) is 6.54 Å². The molecule has 3 N–H and O–H groups in total. The Labute approximate surface area is 109 Å². The molecule has 0 rings (SSSR count). The van der Waals surface area contributed by atoms with Crippen LogP contribution in [0.15, 0.2) is 0 Å². The summed E-state index contributed by atoms with van der Waals surface area (Å²) in [5.41, 5.74) is 0. The number of urea groups is 1. The standard InChI is InChI=1S/C10H17N3O6/c1-3-12(2)7(14)4-11-10(19)13(5-8(15)16)6-9(17)18/h3-6H2,1-2H3,(H,11,19)(H,15,16)(H,17,18). The molecule has 0 aliphatic rings. The van der Waals surface area contributed by atoms with Crippen LogP contribution in [0.4, 0.5) is 4.79 Å². The molecule has 0 aromatic rings. The Morgan fingerprint density at radius 3 is 1.89 bits per heavy atom. The largest absolute Gasteiger partial charge is 0.480 e. The third kappa shape index (κ3) is 6.86. The second kappa shape index (κ2) is 7.90. The average molecular weight is 275 g/mol. The number of carbonyl (C=O) groups is 4. The second-order valence-electron chi connectivity index (χ2n) is 3.71. The van der Waals surface area contributed by atoms with E-state index < -0.39 is 31.1 Å². The summed E-state index contributed by atoms with van der Waals surface area (Å²) < 4.78 is 0. The van der Waals surface area contributed by atoms with E-state index in [2.05, 4.69) is 5.32 Å². The Hall–Kier alpha value is -2.32. The molecule has 0 saturated carbocycles. The summed E-state index contributed by atoms with van der Waals surface area (Å²) in [6.07, 6.45) is 0. The number of nitrogens with one attached hydrogen (secondary N) is 1. The molecular formula is C10H17N3O6. The molecule has 0 spiro atoms. The van der Waals surface area contributed by atoms with E-state index in [1.165, 1.54) is 4.90 Å². The number of amides is 3. The highest BCUT2D eigenvalue weighted by atomic mass is 16.4. The predicted octanol–water partition coefficient (Wildman–Crippen LogP) is -1.35. The summed E-state index contributed by atoms with van der Waals surface area (Å²) >= 11 is 0. The van der Waals surface area contributed by atoms with Crippen LogP contribution in [0.3, 0.4) is 0 Å². The van der Waals surface area contributed by atoms with Crippen LogP contribution >= 0.6 is 0 Å². The second-order valence-corrected chi connectivity index (χ2v) is 3.71. The highest BCUT2D eigenvalue weighted by molar-refractivity contribution is 5.87. The summed E-state index contributed by atoms with van der Waals surface area (Å²) in [7, 11) is 1.54. The van der Waals surface area contributed by atoms with Crippen molar-refractivity contribution in [3.8, 4) is 0 Å². The number of carbonyl (C=O) groups excluding carboxylic acids is 2. The van der Waals surface area contributed by atoms with E-state index in [1.54, 1.807) is 14.0 Å². The first-order chi connectivity index (χ1) is 8.77. The summed E-state index contributed by atoms with van der Waals surface area (Å²) in [4.78, 5) is 45.9. The first-order valence-electron chi connectivity index (χ1n) is 5.48. The lowest BCUT2D eigenvalue weighted by atomic mass is 10.4. The van der Waals surface area contributed by atoms with Crippen molar-refractivity contribution in [1.82, 2.24) is 15.1 Å². The Balaban J connectivity index is 4.43. The van der Waals surface area contributed by atoms with Gasteiger partial charge in [-0.05, 0) is 6.92 Å². The fourth-order valence-electron chi connectivity index (χ4n) is 1.10.